The van der Waals surface area contributed by atoms with E-state index in [4.69, 9.17) is 14.2 Å². The Labute approximate surface area is 120 Å². The maximum atomic E-state index is 5.65. The second kappa shape index (κ2) is 11.4. The van der Waals surface area contributed by atoms with Gasteiger partial charge in [0.1, 0.15) is 0 Å². The van der Waals surface area contributed by atoms with E-state index in [9.17, 15) is 0 Å². The largest absolute Gasteiger partial charge is 0.385 e. The van der Waals surface area contributed by atoms with Gasteiger partial charge in [-0.15, -0.1) is 11.3 Å². The molecule has 1 N–H and O–H groups in total. The molecule has 1 aromatic heterocycles. The molecule has 0 aliphatic heterocycles. The monoisotopic (exact) mass is 287 g/mol. The van der Waals surface area contributed by atoms with Gasteiger partial charge in [0.2, 0.25) is 0 Å². The molecule has 1 heterocycles. The number of methoxy groups -OCH3 is 1. The molecule has 0 bridgehead atoms. The number of thiophene rings is 1. The topological polar surface area (TPSA) is 39.7 Å². The lowest BCUT2D eigenvalue weighted by Crippen LogP contribution is -2.27. The van der Waals surface area contributed by atoms with E-state index in [1.807, 2.05) is 0 Å². The summed E-state index contributed by atoms with van der Waals surface area (Å²) in [5.74, 6) is 0. The standard InChI is InChI=1S/C14H25NO3S/c1-13(11-15-12-14-5-3-10-19-14)18-9-8-17-7-4-6-16-2/h3,5,10,13,15H,4,6-9,11-12H2,1-2H3. The number of nitrogens with one attached hydrogen (secondary N) is 1. The van der Waals surface area contributed by atoms with E-state index in [1.165, 1.54) is 4.88 Å². The van der Waals surface area contributed by atoms with Crippen LogP contribution in [0.15, 0.2) is 17.5 Å². The van der Waals surface area contributed by atoms with Crippen LogP contribution >= 0.6 is 11.3 Å². The minimum atomic E-state index is 0.211. The van der Waals surface area contributed by atoms with Crippen LogP contribution in [0.4, 0.5) is 0 Å². The van der Waals surface area contributed by atoms with Crippen LogP contribution in [0.2, 0.25) is 0 Å². The van der Waals surface area contributed by atoms with E-state index in [0.29, 0.717) is 13.2 Å². The van der Waals surface area contributed by atoms with Crippen molar-refractivity contribution < 1.29 is 14.2 Å². The lowest BCUT2D eigenvalue weighted by atomic mass is 10.4. The number of hydrogen-bond donors (Lipinski definition) is 1. The molecule has 0 saturated carbocycles. The zero-order valence-corrected chi connectivity index (χ0v) is 12.7. The highest BCUT2D eigenvalue weighted by molar-refractivity contribution is 7.09. The van der Waals surface area contributed by atoms with Gasteiger partial charge in [-0.3, -0.25) is 0 Å². The quantitative estimate of drug-likeness (QED) is 0.599. The second-order valence-electron chi connectivity index (χ2n) is 4.35. The third-order valence-electron chi connectivity index (χ3n) is 2.58. The van der Waals surface area contributed by atoms with Crippen LogP contribution in [0.3, 0.4) is 0 Å². The predicted octanol–water partition coefficient (Wildman–Crippen LogP) is 2.30. The first-order valence-electron chi connectivity index (χ1n) is 6.74. The van der Waals surface area contributed by atoms with Crippen molar-refractivity contribution in [3.63, 3.8) is 0 Å². The van der Waals surface area contributed by atoms with Crippen LogP contribution in [0.1, 0.15) is 18.2 Å². The van der Waals surface area contributed by atoms with Crippen molar-refractivity contribution in [3.8, 4) is 0 Å². The van der Waals surface area contributed by atoms with Crippen LogP contribution in [-0.2, 0) is 20.8 Å². The summed E-state index contributed by atoms with van der Waals surface area (Å²) in [5, 5.41) is 5.48. The molecule has 110 valence electrons. The number of hydrogen-bond acceptors (Lipinski definition) is 5. The van der Waals surface area contributed by atoms with Gasteiger partial charge in [0.25, 0.3) is 0 Å². The zero-order chi connectivity index (χ0) is 13.8. The molecule has 19 heavy (non-hydrogen) atoms. The molecule has 1 unspecified atom stereocenters. The van der Waals surface area contributed by atoms with E-state index < -0.39 is 0 Å². The average molecular weight is 287 g/mol. The van der Waals surface area contributed by atoms with Crippen molar-refractivity contribution in [2.75, 3.05) is 40.1 Å². The van der Waals surface area contributed by atoms with Gasteiger partial charge >= 0.3 is 0 Å². The van der Waals surface area contributed by atoms with Gasteiger partial charge in [-0.1, -0.05) is 6.07 Å². The Morgan fingerprint density at radius 2 is 2.16 bits per heavy atom. The number of rotatable bonds is 12. The van der Waals surface area contributed by atoms with Gasteiger partial charge in [-0.05, 0) is 24.8 Å². The third-order valence-corrected chi connectivity index (χ3v) is 3.45. The van der Waals surface area contributed by atoms with Crippen LogP contribution in [0.5, 0.6) is 0 Å². The summed E-state index contributed by atoms with van der Waals surface area (Å²) in [6.45, 7) is 6.65. The molecule has 0 aliphatic carbocycles. The van der Waals surface area contributed by atoms with E-state index >= 15 is 0 Å². The normalized spacial score (nSPS) is 12.7. The first kappa shape index (κ1) is 16.6. The first-order valence-corrected chi connectivity index (χ1v) is 7.62. The maximum absolute atomic E-state index is 5.65. The Hall–Kier alpha value is -0.460. The first-order chi connectivity index (χ1) is 9.33. The van der Waals surface area contributed by atoms with Gasteiger partial charge < -0.3 is 19.5 Å². The van der Waals surface area contributed by atoms with Crippen LogP contribution in [0, 0.1) is 0 Å². The predicted molar refractivity (Wildman–Crippen MR) is 78.8 cm³/mol. The summed E-state index contributed by atoms with van der Waals surface area (Å²) in [5.41, 5.74) is 0. The molecule has 1 aromatic rings. The molecule has 0 aromatic carbocycles. The van der Waals surface area contributed by atoms with Crippen molar-refractivity contribution in [3.05, 3.63) is 22.4 Å². The fourth-order valence-corrected chi connectivity index (χ4v) is 2.26. The highest BCUT2D eigenvalue weighted by Crippen LogP contribution is 2.07. The summed E-state index contributed by atoms with van der Waals surface area (Å²) >= 11 is 1.77. The van der Waals surface area contributed by atoms with E-state index in [2.05, 4.69) is 29.8 Å². The highest BCUT2D eigenvalue weighted by Gasteiger charge is 2.02. The molecular formula is C14H25NO3S. The van der Waals surface area contributed by atoms with E-state index in [-0.39, 0.29) is 6.10 Å². The van der Waals surface area contributed by atoms with Crippen LogP contribution in [-0.4, -0.2) is 46.2 Å². The molecule has 0 spiro atoms. The van der Waals surface area contributed by atoms with Crippen molar-refractivity contribution >= 4 is 11.3 Å². The number of ether oxygens (including phenoxy) is 3. The molecule has 0 saturated heterocycles. The molecule has 0 radical (unpaired) electrons. The molecular weight excluding hydrogens is 262 g/mol. The van der Waals surface area contributed by atoms with E-state index in [0.717, 1.165) is 32.7 Å². The van der Waals surface area contributed by atoms with Gasteiger partial charge in [0.05, 0.1) is 19.3 Å². The van der Waals surface area contributed by atoms with Gasteiger partial charge in [-0.2, -0.15) is 0 Å². The van der Waals surface area contributed by atoms with Crippen LogP contribution in [0.25, 0.3) is 0 Å². The highest BCUT2D eigenvalue weighted by atomic mass is 32.1. The van der Waals surface area contributed by atoms with Crippen molar-refractivity contribution in [1.82, 2.24) is 5.32 Å². The van der Waals surface area contributed by atoms with Gasteiger partial charge in [0, 0.05) is 38.3 Å². The summed E-state index contributed by atoms with van der Waals surface area (Å²) < 4.78 is 16.0. The molecule has 0 amide bonds. The molecule has 0 fully saturated rings. The second-order valence-corrected chi connectivity index (χ2v) is 5.38. The minimum absolute atomic E-state index is 0.211. The molecule has 1 rings (SSSR count). The van der Waals surface area contributed by atoms with Crippen LogP contribution < -0.4 is 5.32 Å². The Morgan fingerprint density at radius 3 is 2.89 bits per heavy atom. The summed E-state index contributed by atoms with van der Waals surface area (Å²) in [4.78, 5) is 1.36. The lowest BCUT2D eigenvalue weighted by Gasteiger charge is -2.13. The SMILES string of the molecule is COCCCOCCOC(C)CNCc1cccs1. The average Bonchev–Trinajstić information content (AvgIpc) is 2.91. The summed E-state index contributed by atoms with van der Waals surface area (Å²) in [6, 6.07) is 4.21. The fourth-order valence-electron chi connectivity index (χ4n) is 1.59. The van der Waals surface area contributed by atoms with Crippen molar-refractivity contribution in [2.45, 2.75) is 26.0 Å². The van der Waals surface area contributed by atoms with E-state index in [1.54, 1.807) is 18.4 Å². The Morgan fingerprint density at radius 1 is 1.26 bits per heavy atom. The molecule has 5 heteroatoms. The van der Waals surface area contributed by atoms with Crippen molar-refractivity contribution in [2.24, 2.45) is 0 Å². The molecule has 4 nitrogen and oxygen atoms in total. The Balaban J connectivity index is 1.86. The Bertz CT molecular complexity index is 293. The van der Waals surface area contributed by atoms with Gasteiger partial charge in [-0.25, -0.2) is 0 Å². The minimum Gasteiger partial charge on any atom is -0.385 e. The fraction of sp³-hybridized carbons (Fsp3) is 0.714. The Kier molecular flexibility index (Phi) is 9.93. The smallest absolute Gasteiger partial charge is 0.0704 e. The van der Waals surface area contributed by atoms with Gasteiger partial charge in [0.15, 0.2) is 0 Å². The zero-order valence-electron chi connectivity index (χ0n) is 11.9. The van der Waals surface area contributed by atoms with Crippen molar-refractivity contribution in [1.29, 1.82) is 0 Å². The molecule has 0 aliphatic rings. The summed E-state index contributed by atoms with van der Waals surface area (Å²) in [6.07, 6.45) is 1.15. The molecule has 1 atom stereocenters. The summed E-state index contributed by atoms with van der Waals surface area (Å²) in [7, 11) is 1.70. The maximum Gasteiger partial charge on any atom is 0.0704 e. The lowest BCUT2D eigenvalue weighted by molar-refractivity contribution is 0.00877. The third kappa shape index (κ3) is 9.13.